The Hall–Kier alpha value is -2.92. The van der Waals surface area contributed by atoms with E-state index in [2.05, 4.69) is 9.97 Å². The highest BCUT2D eigenvalue weighted by Gasteiger charge is 2.34. The van der Waals surface area contributed by atoms with Crippen molar-refractivity contribution in [2.24, 2.45) is 0 Å². The molecule has 8 heteroatoms. The van der Waals surface area contributed by atoms with E-state index >= 15 is 0 Å². The fourth-order valence-corrected chi connectivity index (χ4v) is 3.72. The van der Waals surface area contributed by atoms with Crippen LogP contribution in [0.4, 0.5) is 13.2 Å². The van der Waals surface area contributed by atoms with Crippen LogP contribution in [-0.4, -0.2) is 16.6 Å². The monoisotopic (exact) mass is 431 g/mol. The third-order valence-electron chi connectivity index (χ3n) is 4.44. The van der Waals surface area contributed by atoms with Crippen molar-refractivity contribution >= 4 is 11.3 Å². The van der Waals surface area contributed by atoms with Gasteiger partial charge in [-0.15, -0.1) is 11.3 Å². The van der Waals surface area contributed by atoms with Crippen LogP contribution in [0.3, 0.4) is 0 Å². The predicted molar refractivity (Wildman–Crippen MR) is 109 cm³/mol. The maximum Gasteiger partial charge on any atom is 0.419 e. The van der Waals surface area contributed by atoms with Gasteiger partial charge in [-0.05, 0) is 36.2 Å². The number of hydrogen-bond donors (Lipinski definition) is 0. The van der Waals surface area contributed by atoms with E-state index in [-0.39, 0.29) is 18.8 Å². The molecular formula is C22H20F3N3OS. The minimum Gasteiger partial charge on any atom is -0.493 e. The molecule has 0 atom stereocenters. The van der Waals surface area contributed by atoms with Crippen molar-refractivity contribution in [2.75, 3.05) is 6.61 Å². The Morgan fingerprint density at radius 1 is 1.17 bits per heavy atom. The Labute approximate surface area is 177 Å². The van der Waals surface area contributed by atoms with Crippen molar-refractivity contribution in [1.29, 1.82) is 5.26 Å². The van der Waals surface area contributed by atoms with E-state index in [1.807, 2.05) is 18.4 Å². The lowest BCUT2D eigenvalue weighted by molar-refractivity contribution is -0.139. The van der Waals surface area contributed by atoms with E-state index < -0.39 is 11.7 Å². The first-order chi connectivity index (χ1) is 14.4. The van der Waals surface area contributed by atoms with Crippen LogP contribution >= 0.6 is 11.3 Å². The quantitative estimate of drug-likeness (QED) is 0.395. The number of hydrogen-bond acceptors (Lipinski definition) is 5. The highest BCUT2D eigenvalue weighted by atomic mass is 32.1. The van der Waals surface area contributed by atoms with E-state index in [9.17, 15) is 13.2 Å². The van der Waals surface area contributed by atoms with Gasteiger partial charge in [-0.1, -0.05) is 25.8 Å². The zero-order chi connectivity index (χ0) is 21.6. The van der Waals surface area contributed by atoms with Crippen LogP contribution in [-0.2, 0) is 12.6 Å². The molecule has 0 N–H and O–H groups in total. The summed E-state index contributed by atoms with van der Waals surface area (Å²) >= 11 is 1.37. The third-order valence-corrected chi connectivity index (χ3v) is 5.28. The van der Waals surface area contributed by atoms with Gasteiger partial charge in [0.05, 0.1) is 22.9 Å². The first-order valence-corrected chi connectivity index (χ1v) is 10.4. The number of benzene rings is 1. The lowest BCUT2D eigenvalue weighted by atomic mass is 10.1. The number of thiazole rings is 1. The Kier molecular flexibility index (Phi) is 7.06. The van der Waals surface area contributed by atoms with E-state index in [0.29, 0.717) is 22.0 Å². The molecule has 1 aromatic carbocycles. The summed E-state index contributed by atoms with van der Waals surface area (Å²) in [6.45, 7) is 2.29. The van der Waals surface area contributed by atoms with Gasteiger partial charge in [0.2, 0.25) is 0 Å². The molecule has 0 aliphatic carbocycles. The highest BCUT2D eigenvalue weighted by molar-refractivity contribution is 7.10. The SMILES string of the molecule is CCCCCOc1ccc(Cc2nc(-c3ccc(C#N)nc3)cs2)cc1C(F)(F)F. The van der Waals surface area contributed by atoms with Gasteiger partial charge in [-0.2, -0.15) is 18.4 Å². The van der Waals surface area contributed by atoms with Crippen molar-refractivity contribution in [1.82, 2.24) is 9.97 Å². The van der Waals surface area contributed by atoms with Gasteiger partial charge in [0, 0.05) is 23.6 Å². The topological polar surface area (TPSA) is 58.8 Å². The molecule has 3 aromatic rings. The molecule has 0 fully saturated rings. The molecule has 30 heavy (non-hydrogen) atoms. The molecule has 2 heterocycles. The van der Waals surface area contributed by atoms with E-state index in [1.54, 1.807) is 24.4 Å². The smallest absolute Gasteiger partial charge is 0.419 e. The summed E-state index contributed by atoms with van der Waals surface area (Å²) in [4.78, 5) is 8.51. The number of nitrogens with zero attached hydrogens (tertiary/aromatic N) is 3. The summed E-state index contributed by atoms with van der Waals surface area (Å²) in [7, 11) is 0. The third kappa shape index (κ3) is 5.57. The fourth-order valence-electron chi connectivity index (χ4n) is 2.88. The van der Waals surface area contributed by atoms with Crippen LogP contribution in [0.5, 0.6) is 5.75 Å². The van der Waals surface area contributed by atoms with E-state index in [0.717, 1.165) is 30.9 Å². The van der Waals surface area contributed by atoms with Crippen molar-refractivity contribution in [3.05, 3.63) is 63.7 Å². The largest absolute Gasteiger partial charge is 0.493 e. The molecule has 0 unspecified atom stereocenters. The Balaban J connectivity index is 1.76. The summed E-state index contributed by atoms with van der Waals surface area (Å²) < 4.78 is 45.9. The van der Waals surface area contributed by atoms with Crippen molar-refractivity contribution in [2.45, 2.75) is 38.8 Å². The Morgan fingerprint density at radius 3 is 2.67 bits per heavy atom. The van der Waals surface area contributed by atoms with Gasteiger partial charge in [0.1, 0.15) is 17.5 Å². The normalized spacial score (nSPS) is 11.3. The van der Waals surface area contributed by atoms with Gasteiger partial charge in [-0.3, -0.25) is 0 Å². The molecule has 0 aliphatic rings. The number of pyridine rings is 1. The van der Waals surface area contributed by atoms with Crippen LogP contribution < -0.4 is 4.74 Å². The molecule has 3 rings (SSSR count). The van der Waals surface area contributed by atoms with Crippen LogP contribution in [0.2, 0.25) is 0 Å². The van der Waals surface area contributed by atoms with Gasteiger partial charge < -0.3 is 4.74 Å². The fraction of sp³-hybridized carbons (Fsp3) is 0.318. The summed E-state index contributed by atoms with van der Waals surface area (Å²) in [5.41, 5.74) is 1.50. The van der Waals surface area contributed by atoms with Gasteiger partial charge in [-0.25, -0.2) is 9.97 Å². The highest BCUT2D eigenvalue weighted by Crippen LogP contribution is 2.37. The predicted octanol–water partition coefficient (Wildman–Crippen LogP) is 6.26. The number of rotatable bonds is 8. The number of aromatic nitrogens is 2. The molecule has 0 amide bonds. The van der Waals surface area contributed by atoms with Crippen LogP contribution in [0.15, 0.2) is 41.9 Å². The number of ether oxygens (including phenoxy) is 1. The first-order valence-electron chi connectivity index (χ1n) is 9.54. The minimum atomic E-state index is -4.49. The summed E-state index contributed by atoms with van der Waals surface area (Å²) in [5.74, 6) is -0.133. The number of unbranched alkanes of at least 4 members (excludes halogenated alkanes) is 2. The lowest BCUT2D eigenvalue weighted by Gasteiger charge is -2.15. The standard InChI is InChI=1S/C22H20F3N3OS/c1-2-3-4-9-29-20-8-5-15(10-18(20)22(23,24)25)11-21-28-19(14-30-21)16-6-7-17(12-26)27-13-16/h5-8,10,13-14H,2-4,9,11H2,1H3. The zero-order valence-corrected chi connectivity index (χ0v) is 17.2. The van der Waals surface area contributed by atoms with Crippen molar-refractivity contribution in [3.63, 3.8) is 0 Å². The number of nitriles is 1. The van der Waals surface area contributed by atoms with E-state index in [4.69, 9.17) is 10.00 Å². The molecule has 0 bridgehead atoms. The zero-order valence-electron chi connectivity index (χ0n) is 16.4. The maximum atomic E-state index is 13.5. The van der Waals surface area contributed by atoms with Crippen LogP contribution in [0, 0.1) is 11.3 Å². The average Bonchev–Trinajstić information content (AvgIpc) is 3.20. The summed E-state index contributed by atoms with van der Waals surface area (Å²) in [6, 6.07) is 9.48. The molecule has 0 radical (unpaired) electrons. The lowest BCUT2D eigenvalue weighted by Crippen LogP contribution is -2.10. The van der Waals surface area contributed by atoms with Crippen molar-refractivity contribution < 1.29 is 17.9 Å². The Morgan fingerprint density at radius 2 is 2.00 bits per heavy atom. The van der Waals surface area contributed by atoms with Crippen LogP contribution in [0.1, 0.15) is 48.0 Å². The molecule has 0 spiro atoms. The van der Waals surface area contributed by atoms with Crippen LogP contribution in [0.25, 0.3) is 11.3 Å². The molecular weight excluding hydrogens is 411 g/mol. The number of alkyl halides is 3. The molecule has 0 saturated carbocycles. The molecule has 156 valence electrons. The second kappa shape index (κ2) is 9.72. The average molecular weight is 431 g/mol. The number of halogens is 3. The van der Waals surface area contributed by atoms with Gasteiger partial charge >= 0.3 is 6.18 Å². The second-order valence-electron chi connectivity index (χ2n) is 6.73. The van der Waals surface area contributed by atoms with E-state index in [1.165, 1.54) is 17.4 Å². The van der Waals surface area contributed by atoms with Gasteiger partial charge in [0.15, 0.2) is 0 Å². The van der Waals surface area contributed by atoms with Gasteiger partial charge in [0.25, 0.3) is 0 Å². The Bertz CT molecular complexity index is 1020. The molecule has 0 aliphatic heterocycles. The second-order valence-corrected chi connectivity index (χ2v) is 7.67. The summed E-state index contributed by atoms with van der Waals surface area (Å²) in [5, 5.41) is 11.3. The molecule has 4 nitrogen and oxygen atoms in total. The first kappa shape index (κ1) is 21.8. The maximum absolute atomic E-state index is 13.5. The minimum absolute atomic E-state index is 0.133. The summed E-state index contributed by atoms with van der Waals surface area (Å²) in [6.07, 6.45) is -0.0271. The molecule has 0 saturated heterocycles. The van der Waals surface area contributed by atoms with Crippen molar-refractivity contribution in [3.8, 4) is 23.1 Å². The molecule has 2 aromatic heterocycles.